The van der Waals surface area contributed by atoms with Crippen LogP contribution in [0.5, 0.6) is 0 Å². The number of hydrogen-bond acceptors (Lipinski definition) is 2. The summed E-state index contributed by atoms with van der Waals surface area (Å²) < 4.78 is 2.61. The summed E-state index contributed by atoms with van der Waals surface area (Å²) in [5, 5.41) is 11.5. The molecule has 0 aliphatic heterocycles. The van der Waals surface area contributed by atoms with Crippen LogP contribution in [0, 0.1) is 5.41 Å². The third-order valence-corrected chi connectivity index (χ3v) is 8.74. The third-order valence-electron chi connectivity index (χ3n) is 7.62. The number of hydrogen-bond donors (Lipinski definition) is 1. The van der Waals surface area contributed by atoms with E-state index in [0.29, 0.717) is 5.71 Å². The highest BCUT2D eigenvalue weighted by Gasteiger charge is 2.13. The lowest BCUT2D eigenvalue weighted by Gasteiger charge is -2.12. The van der Waals surface area contributed by atoms with Crippen LogP contribution in [0.3, 0.4) is 0 Å². The zero-order valence-electron chi connectivity index (χ0n) is 21.5. The van der Waals surface area contributed by atoms with Gasteiger partial charge in [-0.2, -0.15) is 0 Å². The first-order valence-electron chi connectivity index (χ1n) is 13.4. The number of fused-ring (bicyclic) bond motifs is 3. The molecule has 0 amide bonds. The SMILES string of the molecule is N=C(c1ccc(-c2ccc3c(c2)sc2cccc(-c4ccccc4)c23)cc1)c1cccc(C2=CC=CCC2)c1. The van der Waals surface area contributed by atoms with Gasteiger partial charge in [-0.25, -0.2) is 0 Å². The van der Waals surface area contributed by atoms with E-state index in [1.165, 1.54) is 53.6 Å². The number of nitrogens with one attached hydrogen (secondary N) is 1. The largest absolute Gasteiger partial charge is 0.300 e. The lowest BCUT2D eigenvalue weighted by molar-refractivity contribution is 1.05. The van der Waals surface area contributed by atoms with E-state index in [4.69, 9.17) is 5.41 Å². The molecule has 1 aromatic heterocycles. The van der Waals surface area contributed by atoms with Crippen molar-refractivity contribution in [1.29, 1.82) is 5.41 Å². The van der Waals surface area contributed by atoms with Crippen LogP contribution in [0.1, 0.15) is 29.5 Å². The zero-order chi connectivity index (χ0) is 26.2. The minimum atomic E-state index is 0.559. The van der Waals surface area contributed by atoms with E-state index in [1.807, 2.05) is 17.4 Å². The Bertz CT molecular complexity index is 1900. The van der Waals surface area contributed by atoms with Gasteiger partial charge in [0, 0.05) is 31.3 Å². The molecule has 6 aromatic rings. The van der Waals surface area contributed by atoms with Gasteiger partial charge in [0.25, 0.3) is 0 Å². The van der Waals surface area contributed by atoms with Gasteiger partial charge in [0.1, 0.15) is 0 Å². The molecular formula is C37H27NS. The molecule has 2 heteroatoms. The van der Waals surface area contributed by atoms with E-state index in [0.717, 1.165) is 24.0 Å². The van der Waals surface area contributed by atoms with Crippen LogP contribution in [0.2, 0.25) is 0 Å². The van der Waals surface area contributed by atoms with Crippen molar-refractivity contribution >= 4 is 42.8 Å². The van der Waals surface area contributed by atoms with Crippen molar-refractivity contribution in [2.24, 2.45) is 0 Å². The van der Waals surface area contributed by atoms with Crippen LogP contribution >= 0.6 is 11.3 Å². The molecule has 0 saturated heterocycles. The Morgan fingerprint density at radius 1 is 0.615 bits per heavy atom. The van der Waals surface area contributed by atoms with E-state index in [-0.39, 0.29) is 0 Å². The summed E-state index contributed by atoms with van der Waals surface area (Å²) in [6, 6.07) is 40.9. The molecule has 0 atom stereocenters. The molecule has 0 fully saturated rings. The first-order chi connectivity index (χ1) is 19.2. The molecule has 7 rings (SSSR count). The van der Waals surface area contributed by atoms with Crippen LogP contribution in [0.15, 0.2) is 133 Å². The second kappa shape index (κ2) is 9.98. The standard InChI is InChI=1S/C37H27NS/c38-37(31-14-7-13-29(23-31)25-9-3-1-4-10-25)28-19-17-26(18-20-28)30-21-22-33-35(24-30)39-34-16-8-15-32(36(33)34)27-11-5-2-6-12-27/h1-3,5-9,11-24,38H,4,10H2. The molecule has 0 radical (unpaired) electrons. The maximum Gasteiger partial charge on any atom is 0.0684 e. The topological polar surface area (TPSA) is 23.9 Å². The van der Waals surface area contributed by atoms with E-state index in [9.17, 15) is 0 Å². The summed E-state index contributed by atoms with van der Waals surface area (Å²) in [4.78, 5) is 0. The fraction of sp³-hybridized carbons (Fsp3) is 0.0541. The Hall–Kier alpha value is -4.53. The third kappa shape index (κ3) is 4.43. The Balaban J connectivity index is 1.20. The minimum absolute atomic E-state index is 0.559. The second-order valence-electron chi connectivity index (χ2n) is 10.0. The van der Waals surface area contributed by atoms with Crippen molar-refractivity contribution in [1.82, 2.24) is 0 Å². The van der Waals surface area contributed by atoms with Gasteiger partial charge in [-0.1, -0.05) is 115 Å². The molecule has 1 aliphatic carbocycles. The monoisotopic (exact) mass is 517 g/mol. The molecular weight excluding hydrogens is 490 g/mol. The first kappa shape index (κ1) is 23.6. The van der Waals surface area contributed by atoms with Gasteiger partial charge in [0.15, 0.2) is 0 Å². The van der Waals surface area contributed by atoms with Crippen molar-refractivity contribution in [2.45, 2.75) is 12.8 Å². The van der Waals surface area contributed by atoms with Gasteiger partial charge in [-0.15, -0.1) is 11.3 Å². The predicted molar refractivity (Wildman–Crippen MR) is 169 cm³/mol. The van der Waals surface area contributed by atoms with Crippen molar-refractivity contribution < 1.29 is 0 Å². The highest BCUT2D eigenvalue weighted by atomic mass is 32.1. The molecule has 5 aromatic carbocycles. The number of benzene rings is 5. The molecule has 1 N–H and O–H groups in total. The average Bonchev–Trinajstić information content (AvgIpc) is 3.40. The molecule has 0 bridgehead atoms. The normalized spacial score (nSPS) is 13.1. The fourth-order valence-corrected chi connectivity index (χ4v) is 6.75. The summed E-state index contributed by atoms with van der Waals surface area (Å²) in [5.74, 6) is 0. The minimum Gasteiger partial charge on any atom is -0.300 e. The van der Waals surface area contributed by atoms with Crippen LogP contribution in [-0.2, 0) is 0 Å². The molecule has 0 saturated carbocycles. The smallest absolute Gasteiger partial charge is 0.0684 e. The molecule has 0 unspecified atom stereocenters. The maximum atomic E-state index is 8.89. The molecule has 0 spiro atoms. The van der Waals surface area contributed by atoms with Gasteiger partial charge in [0.05, 0.1) is 5.71 Å². The first-order valence-corrected chi connectivity index (χ1v) is 14.2. The highest BCUT2D eigenvalue weighted by Crippen LogP contribution is 2.41. The summed E-state index contributed by atoms with van der Waals surface area (Å²) in [5.41, 5.74) is 9.91. The lowest BCUT2D eigenvalue weighted by atomic mass is 9.93. The van der Waals surface area contributed by atoms with Crippen molar-refractivity contribution in [2.75, 3.05) is 0 Å². The number of thiophene rings is 1. The fourth-order valence-electron chi connectivity index (χ4n) is 5.58. The van der Waals surface area contributed by atoms with Crippen LogP contribution in [-0.4, -0.2) is 5.71 Å². The van der Waals surface area contributed by atoms with E-state index < -0.39 is 0 Å². The Kier molecular flexibility index (Phi) is 6.03. The quantitative estimate of drug-likeness (QED) is 0.220. The van der Waals surface area contributed by atoms with Crippen LogP contribution in [0.4, 0.5) is 0 Å². The zero-order valence-corrected chi connectivity index (χ0v) is 22.3. The maximum absolute atomic E-state index is 8.89. The van der Waals surface area contributed by atoms with E-state index >= 15 is 0 Å². The van der Waals surface area contributed by atoms with Crippen molar-refractivity contribution in [3.8, 4) is 22.3 Å². The van der Waals surface area contributed by atoms with Crippen molar-refractivity contribution in [3.05, 3.63) is 150 Å². The molecule has 1 aliphatic rings. The summed E-state index contributed by atoms with van der Waals surface area (Å²) in [7, 11) is 0. The molecule has 39 heavy (non-hydrogen) atoms. The summed E-state index contributed by atoms with van der Waals surface area (Å²) in [6.07, 6.45) is 8.67. The Morgan fingerprint density at radius 3 is 2.23 bits per heavy atom. The second-order valence-corrected chi connectivity index (χ2v) is 11.1. The van der Waals surface area contributed by atoms with Gasteiger partial charge < -0.3 is 0 Å². The van der Waals surface area contributed by atoms with Crippen LogP contribution in [0.25, 0.3) is 48.0 Å². The van der Waals surface area contributed by atoms with E-state index in [2.05, 4.69) is 127 Å². The van der Waals surface area contributed by atoms with Gasteiger partial charge >= 0.3 is 0 Å². The number of allylic oxidation sites excluding steroid dienone is 4. The number of rotatable bonds is 5. The van der Waals surface area contributed by atoms with Crippen molar-refractivity contribution in [3.63, 3.8) is 0 Å². The average molecular weight is 518 g/mol. The van der Waals surface area contributed by atoms with Gasteiger partial charge in [0.2, 0.25) is 0 Å². The summed E-state index contributed by atoms with van der Waals surface area (Å²) in [6.45, 7) is 0. The summed E-state index contributed by atoms with van der Waals surface area (Å²) >= 11 is 1.85. The Morgan fingerprint density at radius 2 is 1.41 bits per heavy atom. The Labute approximate surface area is 232 Å². The van der Waals surface area contributed by atoms with Gasteiger partial charge in [-0.3, -0.25) is 5.41 Å². The van der Waals surface area contributed by atoms with Crippen LogP contribution < -0.4 is 0 Å². The lowest BCUT2D eigenvalue weighted by Crippen LogP contribution is -2.02. The van der Waals surface area contributed by atoms with E-state index in [1.54, 1.807) is 0 Å². The molecule has 1 heterocycles. The molecule has 1 nitrogen and oxygen atoms in total. The van der Waals surface area contributed by atoms with Gasteiger partial charge in [-0.05, 0) is 64.4 Å². The predicted octanol–water partition coefficient (Wildman–Crippen LogP) is 10.5. The molecule has 186 valence electrons. The highest BCUT2D eigenvalue weighted by molar-refractivity contribution is 7.26.